The van der Waals surface area contributed by atoms with E-state index >= 15 is 0 Å². The smallest absolute Gasteiger partial charge is 0.276 e. The molecule has 0 aliphatic carbocycles. The third kappa shape index (κ3) is 4.47. The van der Waals surface area contributed by atoms with Crippen molar-refractivity contribution in [2.24, 2.45) is 0 Å². The molecule has 5 nitrogen and oxygen atoms in total. The summed E-state index contributed by atoms with van der Waals surface area (Å²) in [6.45, 7) is 4.53. The van der Waals surface area contributed by atoms with Gasteiger partial charge >= 0.3 is 0 Å². The molecule has 29 heavy (non-hydrogen) atoms. The zero-order chi connectivity index (χ0) is 20.4. The standard InChI is InChI=1S/C22H21Cl2N3O2/c1-15-14-20(25-29-15)22(28)27-12-10-26(11-13-27)21(16-2-6-18(23)7-3-16)17-4-8-19(24)9-5-17/h2-9,14,21H,10-13H2,1H3. The molecule has 1 fully saturated rings. The fourth-order valence-corrected chi connectivity index (χ4v) is 3.97. The van der Waals surface area contributed by atoms with Gasteiger partial charge < -0.3 is 9.42 Å². The van der Waals surface area contributed by atoms with Crippen LogP contribution in [0, 0.1) is 6.92 Å². The van der Waals surface area contributed by atoms with Crippen molar-refractivity contribution in [1.29, 1.82) is 0 Å². The van der Waals surface area contributed by atoms with Crippen molar-refractivity contribution in [2.75, 3.05) is 26.2 Å². The monoisotopic (exact) mass is 429 g/mol. The van der Waals surface area contributed by atoms with E-state index in [2.05, 4.69) is 34.3 Å². The Hall–Kier alpha value is -2.34. The van der Waals surface area contributed by atoms with Crippen LogP contribution >= 0.6 is 23.2 Å². The lowest BCUT2D eigenvalue weighted by molar-refractivity contribution is 0.0587. The largest absolute Gasteiger partial charge is 0.361 e. The van der Waals surface area contributed by atoms with Crippen LogP contribution in [0.4, 0.5) is 0 Å². The Balaban J connectivity index is 1.54. The van der Waals surface area contributed by atoms with Crippen molar-refractivity contribution in [3.05, 3.63) is 87.2 Å². The van der Waals surface area contributed by atoms with Crippen molar-refractivity contribution in [2.45, 2.75) is 13.0 Å². The van der Waals surface area contributed by atoms with Gasteiger partial charge in [-0.3, -0.25) is 9.69 Å². The summed E-state index contributed by atoms with van der Waals surface area (Å²) >= 11 is 12.2. The van der Waals surface area contributed by atoms with Gasteiger partial charge in [-0.05, 0) is 42.3 Å². The molecule has 2 heterocycles. The Morgan fingerprint density at radius 2 is 1.45 bits per heavy atom. The van der Waals surface area contributed by atoms with Crippen LogP contribution in [-0.2, 0) is 0 Å². The van der Waals surface area contributed by atoms with Gasteiger partial charge in [-0.2, -0.15) is 0 Å². The van der Waals surface area contributed by atoms with Crippen molar-refractivity contribution in [3.8, 4) is 0 Å². The molecule has 4 rings (SSSR count). The molecule has 2 aromatic carbocycles. The molecule has 7 heteroatoms. The molecule has 1 aromatic heterocycles. The molecule has 1 aliphatic rings. The fraction of sp³-hybridized carbons (Fsp3) is 0.273. The Morgan fingerprint density at radius 1 is 0.931 bits per heavy atom. The van der Waals surface area contributed by atoms with E-state index in [4.69, 9.17) is 27.7 Å². The molecule has 0 saturated carbocycles. The third-order valence-electron chi connectivity index (χ3n) is 5.19. The summed E-state index contributed by atoms with van der Waals surface area (Å²) in [5.74, 6) is 0.550. The molecular weight excluding hydrogens is 409 g/mol. The molecule has 0 spiro atoms. The molecule has 3 aromatic rings. The Kier molecular flexibility index (Phi) is 5.90. The number of amides is 1. The number of halogens is 2. The molecule has 0 atom stereocenters. The maximum absolute atomic E-state index is 12.7. The first-order valence-corrected chi connectivity index (χ1v) is 10.2. The van der Waals surface area contributed by atoms with E-state index in [9.17, 15) is 4.79 Å². The van der Waals surface area contributed by atoms with Gasteiger partial charge in [-0.25, -0.2) is 0 Å². The Bertz CT molecular complexity index is 933. The van der Waals surface area contributed by atoms with Gasteiger partial charge in [0.25, 0.3) is 5.91 Å². The first-order chi connectivity index (χ1) is 14.0. The van der Waals surface area contributed by atoms with E-state index in [0.29, 0.717) is 34.6 Å². The number of piperazine rings is 1. The number of benzene rings is 2. The second-order valence-corrected chi connectivity index (χ2v) is 8.03. The van der Waals surface area contributed by atoms with E-state index < -0.39 is 0 Å². The minimum absolute atomic E-state index is 0.0658. The van der Waals surface area contributed by atoms with Gasteiger partial charge in [-0.1, -0.05) is 52.6 Å². The number of nitrogens with zero attached hydrogens (tertiary/aromatic N) is 3. The van der Waals surface area contributed by atoms with Crippen LogP contribution in [0.25, 0.3) is 0 Å². The van der Waals surface area contributed by atoms with E-state index in [0.717, 1.165) is 24.2 Å². The predicted octanol–water partition coefficient (Wildman–Crippen LogP) is 4.84. The Morgan fingerprint density at radius 3 is 1.90 bits per heavy atom. The lowest BCUT2D eigenvalue weighted by Crippen LogP contribution is -2.50. The highest BCUT2D eigenvalue weighted by Crippen LogP contribution is 2.31. The molecule has 1 saturated heterocycles. The second kappa shape index (κ2) is 8.57. The summed E-state index contributed by atoms with van der Waals surface area (Å²) in [6, 6.07) is 17.6. The number of carbonyl (C=O) groups is 1. The van der Waals surface area contributed by atoms with Gasteiger partial charge in [0.2, 0.25) is 0 Å². The van der Waals surface area contributed by atoms with Crippen LogP contribution in [0.3, 0.4) is 0 Å². The first-order valence-electron chi connectivity index (χ1n) is 9.49. The lowest BCUT2D eigenvalue weighted by Gasteiger charge is -2.39. The molecule has 0 radical (unpaired) electrons. The summed E-state index contributed by atoms with van der Waals surface area (Å²) in [4.78, 5) is 16.9. The highest BCUT2D eigenvalue weighted by molar-refractivity contribution is 6.30. The van der Waals surface area contributed by atoms with Crippen LogP contribution in [0.5, 0.6) is 0 Å². The van der Waals surface area contributed by atoms with Gasteiger partial charge in [0, 0.05) is 42.3 Å². The first kappa shape index (κ1) is 20.0. The number of hydrogen-bond donors (Lipinski definition) is 0. The van der Waals surface area contributed by atoms with Gasteiger partial charge in [0.05, 0.1) is 6.04 Å². The Labute approximate surface area is 179 Å². The molecule has 0 N–H and O–H groups in total. The number of hydrogen-bond acceptors (Lipinski definition) is 4. The minimum Gasteiger partial charge on any atom is -0.361 e. The fourth-order valence-electron chi connectivity index (χ4n) is 3.72. The maximum atomic E-state index is 12.7. The van der Waals surface area contributed by atoms with Gasteiger partial charge in [-0.15, -0.1) is 0 Å². The zero-order valence-corrected chi connectivity index (χ0v) is 17.5. The summed E-state index contributed by atoms with van der Waals surface area (Å²) in [5, 5.41) is 5.27. The summed E-state index contributed by atoms with van der Waals surface area (Å²) in [6.07, 6.45) is 0. The third-order valence-corrected chi connectivity index (χ3v) is 5.69. The average molecular weight is 430 g/mol. The summed E-state index contributed by atoms with van der Waals surface area (Å²) in [5.41, 5.74) is 2.68. The van der Waals surface area contributed by atoms with Crippen molar-refractivity contribution < 1.29 is 9.32 Å². The molecule has 150 valence electrons. The van der Waals surface area contributed by atoms with E-state index in [1.165, 1.54) is 0 Å². The highest BCUT2D eigenvalue weighted by Gasteiger charge is 2.29. The van der Waals surface area contributed by atoms with Crippen LogP contribution in [-0.4, -0.2) is 47.0 Å². The highest BCUT2D eigenvalue weighted by atomic mass is 35.5. The molecular formula is C22H21Cl2N3O2. The molecule has 0 unspecified atom stereocenters. The zero-order valence-electron chi connectivity index (χ0n) is 16.0. The molecule has 0 bridgehead atoms. The topological polar surface area (TPSA) is 49.6 Å². The van der Waals surface area contributed by atoms with Crippen molar-refractivity contribution >= 4 is 29.1 Å². The predicted molar refractivity (Wildman–Crippen MR) is 113 cm³/mol. The van der Waals surface area contributed by atoms with E-state index in [1.807, 2.05) is 29.2 Å². The summed E-state index contributed by atoms with van der Waals surface area (Å²) in [7, 11) is 0. The average Bonchev–Trinajstić information content (AvgIpc) is 3.17. The lowest BCUT2D eigenvalue weighted by atomic mass is 9.96. The van der Waals surface area contributed by atoms with Crippen molar-refractivity contribution in [3.63, 3.8) is 0 Å². The number of carbonyl (C=O) groups excluding carboxylic acids is 1. The SMILES string of the molecule is Cc1cc(C(=O)N2CCN(C(c3ccc(Cl)cc3)c3ccc(Cl)cc3)CC2)no1. The van der Waals surface area contributed by atoms with Crippen LogP contribution < -0.4 is 0 Å². The minimum atomic E-state index is -0.0870. The van der Waals surface area contributed by atoms with Gasteiger partial charge in [0.1, 0.15) is 5.76 Å². The number of aryl methyl sites for hydroxylation is 1. The molecule has 1 aliphatic heterocycles. The van der Waals surface area contributed by atoms with Crippen LogP contribution in [0.2, 0.25) is 10.0 Å². The normalized spacial score (nSPS) is 15.1. The van der Waals surface area contributed by atoms with Crippen LogP contribution in [0.15, 0.2) is 59.1 Å². The summed E-state index contributed by atoms with van der Waals surface area (Å²) < 4.78 is 5.04. The van der Waals surface area contributed by atoms with Gasteiger partial charge in [0.15, 0.2) is 5.69 Å². The van der Waals surface area contributed by atoms with Crippen LogP contribution in [0.1, 0.15) is 33.4 Å². The second-order valence-electron chi connectivity index (χ2n) is 7.16. The maximum Gasteiger partial charge on any atom is 0.276 e. The quantitative estimate of drug-likeness (QED) is 0.595. The van der Waals surface area contributed by atoms with Crippen molar-refractivity contribution in [1.82, 2.24) is 15.0 Å². The van der Waals surface area contributed by atoms with E-state index in [-0.39, 0.29) is 11.9 Å². The molecule has 1 amide bonds. The van der Waals surface area contributed by atoms with E-state index in [1.54, 1.807) is 13.0 Å². The number of aromatic nitrogens is 1. The number of rotatable bonds is 4.